The Morgan fingerprint density at radius 2 is 1.94 bits per heavy atom. The summed E-state index contributed by atoms with van der Waals surface area (Å²) < 4.78 is 0. The first-order valence-electron chi connectivity index (χ1n) is 5.56. The molecule has 0 amide bonds. The molecule has 3 heteroatoms. The molecule has 16 heavy (non-hydrogen) atoms. The molecule has 0 fully saturated rings. The van der Waals surface area contributed by atoms with Gasteiger partial charge in [-0.25, -0.2) is 0 Å². The van der Waals surface area contributed by atoms with Crippen LogP contribution in [0.1, 0.15) is 17.3 Å². The molecular weight excluding hydrogens is 216 g/mol. The summed E-state index contributed by atoms with van der Waals surface area (Å²) in [5.74, 6) is 0. The topological polar surface area (TPSA) is 24.1 Å². The highest BCUT2D eigenvalue weighted by Gasteiger charge is 2.16. The molecule has 2 heterocycles. The van der Waals surface area contributed by atoms with Crippen molar-refractivity contribution in [3.8, 4) is 0 Å². The van der Waals surface area contributed by atoms with E-state index in [9.17, 15) is 0 Å². The Labute approximate surface area is 99.3 Å². The quantitative estimate of drug-likeness (QED) is 0.780. The smallest absolute Gasteiger partial charge is 0.0624 e. The molecule has 82 valence electrons. The molecule has 2 aromatic rings. The Morgan fingerprint density at radius 3 is 2.75 bits per heavy atom. The first-order valence-corrected chi connectivity index (χ1v) is 6.44. The van der Waals surface area contributed by atoms with Crippen LogP contribution >= 0.6 is 11.3 Å². The summed E-state index contributed by atoms with van der Waals surface area (Å²) in [6.07, 6.45) is 1.12. The van der Waals surface area contributed by atoms with E-state index in [-0.39, 0.29) is 0 Å². The van der Waals surface area contributed by atoms with Crippen molar-refractivity contribution in [3.63, 3.8) is 0 Å². The molecule has 0 radical (unpaired) electrons. The molecule has 3 rings (SSSR count). The van der Waals surface area contributed by atoms with Crippen molar-refractivity contribution in [3.05, 3.63) is 46.7 Å². The maximum atomic E-state index is 3.61. The van der Waals surface area contributed by atoms with Crippen molar-refractivity contribution < 1.29 is 0 Å². The fourth-order valence-corrected chi connectivity index (χ4v) is 2.89. The van der Waals surface area contributed by atoms with Crippen LogP contribution in [-0.2, 0) is 0 Å². The second-order valence-electron chi connectivity index (χ2n) is 3.97. The molecule has 0 unspecified atom stereocenters. The maximum absolute atomic E-state index is 3.61. The van der Waals surface area contributed by atoms with E-state index in [2.05, 4.69) is 52.4 Å². The first-order chi connectivity index (χ1) is 7.93. The van der Waals surface area contributed by atoms with Crippen molar-refractivity contribution in [2.45, 2.75) is 12.5 Å². The maximum Gasteiger partial charge on any atom is 0.0624 e. The Kier molecular flexibility index (Phi) is 2.54. The minimum atomic E-state index is 0.441. The van der Waals surface area contributed by atoms with Gasteiger partial charge in [0.05, 0.1) is 17.4 Å². The number of hydrogen-bond donors (Lipinski definition) is 2. The third kappa shape index (κ3) is 1.78. The van der Waals surface area contributed by atoms with Gasteiger partial charge in [-0.3, -0.25) is 0 Å². The Balaban J connectivity index is 1.91. The molecule has 1 aliphatic rings. The van der Waals surface area contributed by atoms with Crippen LogP contribution in [0.3, 0.4) is 0 Å². The molecule has 1 aromatic heterocycles. The van der Waals surface area contributed by atoms with E-state index in [0.717, 1.165) is 13.0 Å². The number of thiophene rings is 1. The lowest BCUT2D eigenvalue weighted by atomic mass is 10.1. The number of anilines is 2. The fraction of sp³-hybridized carbons (Fsp3) is 0.231. The van der Waals surface area contributed by atoms with Gasteiger partial charge in [0.1, 0.15) is 0 Å². The van der Waals surface area contributed by atoms with Crippen molar-refractivity contribution in [1.82, 2.24) is 0 Å². The normalized spacial score (nSPS) is 19.1. The minimum absolute atomic E-state index is 0.441. The molecule has 2 nitrogen and oxygen atoms in total. The van der Waals surface area contributed by atoms with Gasteiger partial charge in [0, 0.05) is 11.4 Å². The highest BCUT2D eigenvalue weighted by Crippen LogP contribution is 2.32. The van der Waals surface area contributed by atoms with Gasteiger partial charge in [-0.15, -0.1) is 11.3 Å². The molecule has 0 aliphatic carbocycles. The molecule has 2 N–H and O–H groups in total. The zero-order valence-corrected chi connectivity index (χ0v) is 9.76. The van der Waals surface area contributed by atoms with E-state index >= 15 is 0 Å². The summed E-state index contributed by atoms with van der Waals surface area (Å²) in [6, 6.07) is 13.2. The summed E-state index contributed by atoms with van der Waals surface area (Å²) >= 11 is 1.82. The standard InChI is InChI=1S/C13H14N2S/c1-2-5-11-10(4-1)14-8-7-12(15-11)13-6-3-9-16-13/h1-6,9,12,14-15H,7-8H2/t12-/m0/s1. The molecule has 1 aromatic carbocycles. The third-order valence-electron chi connectivity index (χ3n) is 2.89. The van der Waals surface area contributed by atoms with Gasteiger partial charge < -0.3 is 10.6 Å². The molecule has 0 spiro atoms. The molecule has 0 bridgehead atoms. The van der Waals surface area contributed by atoms with Gasteiger partial charge in [0.15, 0.2) is 0 Å². The predicted octanol–water partition coefficient (Wildman–Crippen LogP) is 3.72. The van der Waals surface area contributed by atoms with Crippen molar-refractivity contribution >= 4 is 22.7 Å². The van der Waals surface area contributed by atoms with Crippen LogP contribution in [0, 0.1) is 0 Å². The van der Waals surface area contributed by atoms with E-state index in [1.165, 1.54) is 16.3 Å². The van der Waals surface area contributed by atoms with Crippen LogP contribution in [0.5, 0.6) is 0 Å². The van der Waals surface area contributed by atoms with E-state index in [4.69, 9.17) is 0 Å². The van der Waals surface area contributed by atoms with Gasteiger partial charge in [-0.05, 0) is 30.0 Å². The van der Waals surface area contributed by atoms with Gasteiger partial charge >= 0.3 is 0 Å². The Bertz CT molecular complexity index is 465. The number of fused-ring (bicyclic) bond motifs is 1. The number of hydrogen-bond acceptors (Lipinski definition) is 3. The summed E-state index contributed by atoms with van der Waals surface area (Å²) in [6.45, 7) is 1.02. The minimum Gasteiger partial charge on any atom is -0.383 e. The van der Waals surface area contributed by atoms with Gasteiger partial charge in [-0.1, -0.05) is 18.2 Å². The third-order valence-corrected chi connectivity index (χ3v) is 3.88. The van der Waals surface area contributed by atoms with Crippen LogP contribution in [0.4, 0.5) is 11.4 Å². The van der Waals surface area contributed by atoms with Crippen molar-refractivity contribution in [2.75, 3.05) is 17.2 Å². The SMILES string of the molecule is c1csc([C@@H]2CCNc3ccccc3N2)c1. The van der Waals surface area contributed by atoms with Crippen LogP contribution in [0.2, 0.25) is 0 Å². The van der Waals surface area contributed by atoms with E-state index in [0.29, 0.717) is 6.04 Å². The number of nitrogens with one attached hydrogen (secondary N) is 2. The highest BCUT2D eigenvalue weighted by atomic mass is 32.1. The fourth-order valence-electron chi connectivity index (χ4n) is 2.08. The number of para-hydroxylation sites is 2. The van der Waals surface area contributed by atoms with E-state index in [1.807, 2.05) is 11.3 Å². The number of rotatable bonds is 1. The van der Waals surface area contributed by atoms with Crippen LogP contribution < -0.4 is 10.6 Å². The highest BCUT2D eigenvalue weighted by molar-refractivity contribution is 7.10. The summed E-state index contributed by atoms with van der Waals surface area (Å²) in [5.41, 5.74) is 2.42. The zero-order chi connectivity index (χ0) is 10.8. The molecule has 0 saturated carbocycles. The summed E-state index contributed by atoms with van der Waals surface area (Å²) in [5, 5.41) is 9.21. The monoisotopic (exact) mass is 230 g/mol. The molecule has 1 aliphatic heterocycles. The lowest BCUT2D eigenvalue weighted by Crippen LogP contribution is -2.09. The van der Waals surface area contributed by atoms with E-state index in [1.54, 1.807) is 0 Å². The lowest BCUT2D eigenvalue weighted by molar-refractivity contribution is 0.744. The lowest BCUT2D eigenvalue weighted by Gasteiger charge is -2.15. The second-order valence-corrected chi connectivity index (χ2v) is 4.95. The van der Waals surface area contributed by atoms with E-state index < -0.39 is 0 Å². The van der Waals surface area contributed by atoms with Gasteiger partial charge in [0.25, 0.3) is 0 Å². The van der Waals surface area contributed by atoms with Crippen LogP contribution in [-0.4, -0.2) is 6.54 Å². The Morgan fingerprint density at radius 1 is 1.06 bits per heavy atom. The molecule has 1 atom stereocenters. The molecule has 0 saturated heterocycles. The second kappa shape index (κ2) is 4.18. The average Bonchev–Trinajstić information content (AvgIpc) is 2.75. The van der Waals surface area contributed by atoms with Crippen LogP contribution in [0.15, 0.2) is 41.8 Å². The largest absolute Gasteiger partial charge is 0.383 e. The van der Waals surface area contributed by atoms with Crippen LogP contribution in [0.25, 0.3) is 0 Å². The predicted molar refractivity (Wildman–Crippen MR) is 70.2 cm³/mol. The zero-order valence-electron chi connectivity index (χ0n) is 8.94. The average molecular weight is 230 g/mol. The van der Waals surface area contributed by atoms with Gasteiger partial charge in [-0.2, -0.15) is 0 Å². The Hall–Kier alpha value is -1.48. The summed E-state index contributed by atoms with van der Waals surface area (Å²) in [4.78, 5) is 1.42. The molecular formula is C13H14N2S. The first kappa shape index (κ1) is 9.73. The van der Waals surface area contributed by atoms with Gasteiger partial charge in [0.2, 0.25) is 0 Å². The van der Waals surface area contributed by atoms with Crippen molar-refractivity contribution in [2.24, 2.45) is 0 Å². The summed E-state index contributed by atoms with van der Waals surface area (Å²) in [7, 11) is 0. The van der Waals surface area contributed by atoms with Crippen molar-refractivity contribution in [1.29, 1.82) is 0 Å². The number of benzene rings is 1.